The van der Waals surface area contributed by atoms with Crippen molar-refractivity contribution in [2.24, 2.45) is 5.16 Å². The lowest BCUT2D eigenvalue weighted by Gasteiger charge is -2.30. The number of rotatable bonds is 2. The maximum Gasteiger partial charge on any atom is 0.418 e. The summed E-state index contributed by atoms with van der Waals surface area (Å²) in [4.78, 5) is 13.0. The second-order valence-electron chi connectivity index (χ2n) is 8.03. The van der Waals surface area contributed by atoms with Gasteiger partial charge in [-0.2, -0.15) is 13.2 Å². The number of oxime groups is 1. The third-order valence-electron chi connectivity index (χ3n) is 5.96. The number of hydrogen-bond donors (Lipinski definition) is 1. The van der Waals surface area contributed by atoms with E-state index in [1.165, 1.54) is 6.42 Å². The molecule has 0 radical (unpaired) electrons. The second-order valence-corrected chi connectivity index (χ2v) is 8.44. The van der Waals surface area contributed by atoms with Gasteiger partial charge in [-0.3, -0.25) is 0 Å². The van der Waals surface area contributed by atoms with E-state index < -0.39 is 11.7 Å². The smallest absolute Gasteiger partial charge is 0.388 e. The summed E-state index contributed by atoms with van der Waals surface area (Å²) in [6.07, 6.45) is 1.15. The number of nitrogens with one attached hydrogen (secondary N) is 1. The minimum atomic E-state index is -4.54. The summed E-state index contributed by atoms with van der Waals surface area (Å²) in [5, 5.41) is 4.57. The maximum atomic E-state index is 13.9. The van der Waals surface area contributed by atoms with Gasteiger partial charge < -0.3 is 9.82 Å². The number of aromatic nitrogens is 2. The monoisotopic (exact) mass is 469 g/mol. The normalized spacial score (nSPS) is 18.0. The van der Waals surface area contributed by atoms with Crippen molar-refractivity contribution in [2.75, 3.05) is 0 Å². The third-order valence-corrected chi connectivity index (χ3v) is 6.29. The molecule has 0 amide bonds. The van der Waals surface area contributed by atoms with E-state index in [2.05, 4.69) is 15.1 Å². The predicted molar refractivity (Wildman–Crippen MR) is 117 cm³/mol. The van der Waals surface area contributed by atoms with Crippen LogP contribution in [0.4, 0.5) is 13.2 Å². The zero-order valence-electron chi connectivity index (χ0n) is 16.4. The molecule has 1 spiro atoms. The van der Waals surface area contributed by atoms with Crippen molar-refractivity contribution < 1.29 is 18.0 Å². The van der Waals surface area contributed by atoms with Crippen molar-refractivity contribution in [3.05, 3.63) is 52.8 Å². The Labute approximate surface area is 188 Å². The minimum absolute atomic E-state index is 0. The first kappa shape index (κ1) is 22.0. The van der Waals surface area contributed by atoms with Crippen LogP contribution < -0.4 is 0 Å². The summed E-state index contributed by atoms with van der Waals surface area (Å²) in [5.74, 6) is 0.328. The fourth-order valence-corrected chi connectivity index (χ4v) is 4.68. The van der Waals surface area contributed by atoms with Crippen LogP contribution in [0.3, 0.4) is 0 Å². The summed E-state index contributed by atoms with van der Waals surface area (Å²) in [6, 6.07) is 9.56. The highest BCUT2D eigenvalue weighted by Gasteiger charge is 2.41. The summed E-state index contributed by atoms with van der Waals surface area (Å²) < 4.78 is 41.6. The molecule has 164 valence electrons. The van der Waals surface area contributed by atoms with E-state index in [9.17, 15) is 13.2 Å². The molecular weight excluding hydrogens is 450 g/mol. The van der Waals surface area contributed by atoms with Gasteiger partial charge in [0.25, 0.3) is 0 Å². The number of fused-ring (bicyclic) bond motifs is 1. The van der Waals surface area contributed by atoms with E-state index in [1.807, 2.05) is 0 Å². The fraction of sp³-hybridized carbons (Fsp3) is 0.364. The van der Waals surface area contributed by atoms with Gasteiger partial charge in [-0.05, 0) is 49.4 Å². The lowest BCUT2D eigenvalue weighted by molar-refractivity contribution is -0.136. The van der Waals surface area contributed by atoms with Gasteiger partial charge >= 0.3 is 6.18 Å². The van der Waals surface area contributed by atoms with Crippen molar-refractivity contribution in [1.29, 1.82) is 0 Å². The Morgan fingerprint density at radius 1 is 1.06 bits per heavy atom. The fourth-order valence-electron chi connectivity index (χ4n) is 4.44. The van der Waals surface area contributed by atoms with Crippen LogP contribution in [-0.4, -0.2) is 21.3 Å². The van der Waals surface area contributed by atoms with Crippen molar-refractivity contribution in [3.63, 3.8) is 0 Å². The number of alkyl halides is 3. The predicted octanol–water partition coefficient (Wildman–Crippen LogP) is 7.15. The largest absolute Gasteiger partial charge is 0.418 e. The first-order valence-electron chi connectivity index (χ1n) is 9.96. The molecule has 3 aromatic rings. The quantitative estimate of drug-likeness (QED) is 0.433. The standard InChI is InChI=1S/C22H19ClF3N3O.ClH/c23-16-7-3-2-6-14(16)13-10-15(22(24,25)26)19-17(11-13)27-20(28-19)18-12-21(30-29-18)8-4-1-5-9-21;/h2-3,6-7,10-11H,1,4-5,8-9,12H2,(H,27,28);1H. The molecule has 5 rings (SSSR count). The summed E-state index contributed by atoms with van der Waals surface area (Å²) in [7, 11) is 0. The molecule has 0 saturated heterocycles. The van der Waals surface area contributed by atoms with E-state index in [0.29, 0.717) is 34.1 Å². The van der Waals surface area contributed by atoms with Gasteiger partial charge in [-0.15, -0.1) is 12.4 Å². The van der Waals surface area contributed by atoms with Gasteiger partial charge in [0.05, 0.1) is 16.6 Å². The third kappa shape index (κ3) is 4.01. The molecule has 1 aromatic heterocycles. The van der Waals surface area contributed by atoms with Crippen LogP contribution in [0.1, 0.15) is 49.9 Å². The van der Waals surface area contributed by atoms with E-state index >= 15 is 0 Å². The van der Waals surface area contributed by atoms with Crippen LogP contribution in [0.2, 0.25) is 5.02 Å². The van der Waals surface area contributed by atoms with Crippen molar-refractivity contribution in [3.8, 4) is 11.1 Å². The molecular formula is C22H20Cl2F3N3O. The number of aromatic amines is 1. The number of nitrogens with zero attached hydrogens (tertiary/aromatic N) is 2. The van der Waals surface area contributed by atoms with Crippen molar-refractivity contribution in [2.45, 2.75) is 50.3 Å². The molecule has 2 aliphatic rings. The van der Waals surface area contributed by atoms with Crippen LogP contribution >= 0.6 is 24.0 Å². The molecule has 1 N–H and O–H groups in total. The van der Waals surface area contributed by atoms with Crippen LogP contribution in [0.15, 0.2) is 41.6 Å². The number of halogens is 5. The average Bonchev–Trinajstić information content (AvgIpc) is 3.32. The van der Waals surface area contributed by atoms with Gasteiger partial charge in [0.2, 0.25) is 0 Å². The highest BCUT2D eigenvalue weighted by molar-refractivity contribution is 6.33. The molecule has 0 unspecified atom stereocenters. The Balaban J connectivity index is 0.00000231. The molecule has 0 atom stereocenters. The molecule has 1 saturated carbocycles. The van der Waals surface area contributed by atoms with Gasteiger partial charge in [-0.25, -0.2) is 4.98 Å². The highest BCUT2D eigenvalue weighted by atomic mass is 35.5. The molecule has 31 heavy (non-hydrogen) atoms. The molecule has 1 aliphatic heterocycles. The molecule has 0 bridgehead atoms. The van der Waals surface area contributed by atoms with Crippen LogP contribution in [0, 0.1) is 0 Å². The first-order chi connectivity index (χ1) is 14.3. The lowest BCUT2D eigenvalue weighted by Crippen LogP contribution is -2.31. The lowest BCUT2D eigenvalue weighted by atomic mass is 9.81. The van der Waals surface area contributed by atoms with E-state index in [-0.39, 0.29) is 29.0 Å². The Kier molecular flexibility index (Phi) is 5.68. The summed E-state index contributed by atoms with van der Waals surface area (Å²) in [5.41, 5.74) is 0.525. The summed E-state index contributed by atoms with van der Waals surface area (Å²) in [6.45, 7) is 0. The Morgan fingerprint density at radius 2 is 1.81 bits per heavy atom. The molecule has 4 nitrogen and oxygen atoms in total. The number of imidazole rings is 1. The van der Waals surface area contributed by atoms with Crippen LogP contribution in [-0.2, 0) is 11.0 Å². The zero-order chi connectivity index (χ0) is 20.9. The van der Waals surface area contributed by atoms with Gasteiger partial charge in [-0.1, -0.05) is 41.4 Å². The van der Waals surface area contributed by atoms with E-state index in [0.717, 1.165) is 31.7 Å². The highest BCUT2D eigenvalue weighted by Crippen LogP contribution is 2.41. The first-order valence-corrected chi connectivity index (χ1v) is 10.3. The Morgan fingerprint density at radius 3 is 2.52 bits per heavy atom. The molecule has 9 heteroatoms. The van der Waals surface area contributed by atoms with Crippen LogP contribution in [0.5, 0.6) is 0 Å². The number of hydrogen-bond acceptors (Lipinski definition) is 3. The molecule has 1 aliphatic carbocycles. The average molecular weight is 470 g/mol. The van der Waals surface area contributed by atoms with Crippen molar-refractivity contribution >= 4 is 40.8 Å². The zero-order valence-corrected chi connectivity index (χ0v) is 18.0. The Bertz CT molecular complexity index is 1150. The number of H-pyrrole nitrogens is 1. The molecule has 2 aromatic carbocycles. The Hall–Kier alpha value is -2.25. The van der Waals surface area contributed by atoms with Crippen LogP contribution in [0.25, 0.3) is 22.2 Å². The molecule has 2 heterocycles. The summed E-state index contributed by atoms with van der Waals surface area (Å²) >= 11 is 6.22. The SMILES string of the molecule is Cl.FC(F)(F)c1cc(-c2ccccc2Cl)cc2nc(C3=NOC4(CCCCC4)C3)[nH]c12. The van der Waals surface area contributed by atoms with E-state index in [1.54, 1.807) is 30.3 Å². The maximum absolute atomic E-state index is 13.9. The van der Waals surface area contributed by atoms with Gasteiger partial charge in [0.15, 0.2) is 5.82 Å². The van der Waals surface area contributed by atoms with Gasteiger partial charge in [0, 0.05) is 17.0 Å². The van der Waals surface area contributed by atoms with Crippen molar-refractivity contribution in [1.82, 2.24) is 9.97 Å². The molecule has 1 fully saturated rings. The van der Waals surface area contributed by atoms with Gasteiger partial charge in [0.1, 0.15) is 11.3 Å². The minimum Gasteiger partial charge on any atom is -0.388 e. The second kappa shape index (κ2) is 8.02. The topological polar surface area (TPSA) is 50.3 Å². The van der Waals surface area contributed by atoms with E-state index in [4.69, 9.17) is 16.4 Å². The number of benzene rings is 2.